The predicted molar refractivity (Wildman–Crippen MR) is 122 cm³/mol. The van der Waals surface area contributed by atoms with E-state index in [-0.39, 0.29) is 24.5 Å². The van der Waals surface area contributed by atoms with Gasteiger partial charge in [0.1, 0.15) is 12.1 Å². The number of likely N-dealkylation sites (tertiary alicyclic amines) is 1. The number of amides is 2. The zero-order chi connectivity index (χ0) is 22.0. The third kappa shape index (κ3) is 4.44. The van der Waals surface area contributed by atoms with Gasteiger partial charge in [0.05, 0.1) is 0 Å². The zero-order valence-corrected chi connectivity index (χ0v) is 18.5. The number of benzene rings is 2. The molecule has 0 atom stereocenters. The lowest BCUT2D eigenvalue weighted by Crippen LogP contribution is -2.52. The van der Waals surface area contributed by atoms with Crippen LogP contribution in [0.4, 0.5) is 10.5 Å². The summed E-state index contributed by atoms with van der Waals surface area (Å²) in [6, 6.07) is 15.0. The van der Waals surface area contributed by atoms with E-state index in [0.717, 1.165) is 22.5 Å². The molecule has 2 aromatic rings. The monoisotopic (exact) mass is 439 g/mol. The first-order chi connectivity index (χ1) is 14.9. The van der Waals surface area contributed by atoms with Crippen molar-refractivity contribution < 1.29 is 14.3 Å². The lowest BCUT2D eigenvalue weighted by atomic mass is 9.86. The Morgan fingerprint density at radius 2 is 1.90 bits per heavy atom. The average Bonchev–Trinajstić information content (AvgIpc) is 2.88. The molecule has 31 heavy (non-hydrogen) atoms. The quantitative estimate of drug-likeness (QED) is 0.738. The summed E-state index contributed by atoms with van der Waals surface area (Å²) >= 11 is 6.22. The molecule has 2 aromatic carbocycles. The number of fused-ring (bicyclic) bond motifs is 1. The lowest BCUT2D eigenvalue weighted by Gasteiger charge is -2.37. The number of aliphatic imine (C=N–C) groups is 1. The normalized spacial score (nSPS) is 17.6. The maximum Gasteiger partial charge on any atom is 0.410 e. The van der Waals surface area contributed by atoms with Gasteiger partial charge in [-0.3, -0.25) is 9.79 Å². The van der Waals surface area contributed by atoms with Crippen LogP contribution in [-0.2, 0) is 16.1 Å². The van der Waals surface area contributed by atoms with E-state index in [1.165, 1.54) is 0 Å². The third-order valence-corrected chi connectivity index (χ3v) is 6.10. The van der Waals surface area contributed by atoms with Crippen LogP contribution in [0.3, 0.4) is 0 Å². The molecule has 0 saturated carbocycles. The average molecular weight is 440 g/mol. The summed E-state index contributed by atoms with van der Waals surface area (Å²) in [5.41, 5.74) is 2.48. The van der Waals surface area contributed by atoms with E-state index >= 15 is 0 Å². The van der Waals surface area contributed by atoms with Crippen molar-refractivity contribution in [1.29, 1.82) is 0 Å². The largest absolute Gasteiger partial charge is 0.445 e. The molecule has 2 aliphatic rings. The summed E-state index contributed by atoms with van der Waals surface area (Å²) < 4.78 is 5.45. The van der Waals surface area contributed by atoms with Crippen LogP contribution in [0.5, 0.6) is 0 Å². The van der Waals surface area contributed by atoms with Crippen molar-refractivity contribution in [3.05, 3.63) is 64.7 Å². The molecule has 0 bridgehead atoms. The van der Waals surface area contributed by atoms with Crippen LogP contribution in [0.1, 0.15) is 37.8 Å². The molecule has 0 radical (unpaired) electrons. The molecule has 2 aliphatic heterocycles. The van der Waals surface area contributed by atoms with Crippen LogP contribution >= 0.6 is 11.6 Å². The second-order valence-corrected chi connectivity index (χ2v) is 8.79. The summed E-state index contributed by atoms with van der Waals surface area (Å²) in [6.07, 6.45) is 0.518. The second kappa shape index (κ2) is 8.71. The zero-order valence-electron chi connectivity index (χ0n) is 17.7. The number of hydrogen-bond acceptors (Lipinski definition) is 4. The smallest absolute Gasteiger partial charge is 0.410 e. The number of anilines is 1. The van der Waals surface area contributed by atoms with E-state index in [1.807, 2.05) is 42.5 Å². The molecular weight excluding hydrogens is 414 g/mol. The molecule has 0 unspecified atom stereocenters. The molecule has 1 N–H and O–H groups in total. The number of nitrogens with one attached hydrogen (secondary N) is 1. The molecular formula is C24H26ClN3O3. The number of carbonyl (C=O) groups is 2. The molecule has 7 heteroatoms. The summed E-state index contributed by atoms with van der Waals surface area (Å²) in [4.78, 5) is 32.4. The van der Waals surface area contributed by atoms with E-state index < -0.39 is 5.54 Å². The van der Waals surface area contributed by atoms with Crippen molar-refractivity contribution >= 4 is 35.0 Å². The van der Waals surface area contributed by atoms with Crippen molar-refractivity contribution in [2.75, 3.05) is 18.4 Å². The fraction of sp³-hybridized carbons (Fsp3) is 0.375. The maximum absolute atomic E-state index is 13.2. The first kappa shape index (κ1) is 21.4. The Morgan fingerprint density at radius 1 is 1.19 bits per heavy atom. The Balaban J connectivity index is 1.50. The van der Waals surface area contributed by atoms with Crippen LogP contribution in [0.25, 0.3) is 0 Å². The van der Waals surface area contributed by atoms with Crippen LogP contribution in [-0.4, -0.2) is 41.2 Å². The van der Waals surface area contributed by atoms with Gasteiger partial charge >= 0.3 is 6.09 Å². The fourth-order valence-electron chi connectivity index (χ4n) is 4.07. The molecule has 2 heterocycles. The number of hydrogen-bond donors (Lipinski definition) is 1. The number of piperidine rings is 1. The number of carbonyl (C=O) groups excluding carboxylic acids is 2. The highest BCUT2D eigenvalue weighted by atomic mass is 35.5. The summed E-state index contributed by atoms with van der Waals surface area (Å²) in [6.45, 7) is 5.17. The molecule has 2 amide bonds. The van der Waals surface area contributed by atoms with Gasteiger partial charge in [0, 0.05) is 35.1 Å². The number of halogens is 1. The highest BCUT2D eigenvalue weighted by Gasteiger charge is 2.44. The minimum absolute atomic E-state index is 0.121. The van der Waals surface area contributed by atoms with E-state index in [9.17, 15) is 9.59 Å². The second-order valence-electron chi connectivity index (χ2n) is 8.35. The molecule has 1 spiro atoms. The number of nitrogens with zero attached hydrogens (tertiary/aromatic N) is 2. The van der Waals surface area contributed by atoms with Crippen molar-refractivity contribution in [1.82, 2.24) is 4.90 Å². The fourth-order valence-corrected chi connectivity index (χ4v) is 4.24. The summed E-state index contributed by atoms with van der Waals surface area (Å²) in [5, 5.41) is 3.64. The van der Waals surface area contributed by atoms with E-state index in [2.05, 4.69) is 19.2 Å². The van der Waals surface area contributed by atoms with E-state index in [4.69, 9.17) is 21.3 Å². The van der Waals surface area contributed by atoms with Crippen molar-refractivity contribution in [3.63, 3.8) is 0 Å². The minimum Gasteiger partial charge on any atom is -0.445 e. The van der Waals surface area contributed by atoms with Gasteiger partial charge in [-0.25, -0.2) is 4.79 Å². The van der Waals surface area contributed by atoms with Crippen LogP contribution in [0.15, 0.2) is 53.5 Å². The number of ether oxygens (including phenoxy) is 1. The topological polar surface area (TPSA) is 71.0 Å². The predicted octanol–water partition coefficient (Wildman–Crippen LogP) is 4.91. The number of rotatable bonds is 3. The Hall–Kier alpha value is -2.86. The lowest BCUT2D eigenvalue weighted by molar-refractivity contribution is -0.122. The standard InChI is InChI=1S/C24H26ClN3O3/c1-16(2)21-19-14-18(25)8-9-20(19)26-22(29)24(27-21)10-12-28(13-11-24)23(30)31-15-17-6-4-3-5-7-17/h3-9,14,16H,10-13,15H2,1-2H3,(H,26,29). The van der Waals surface area contributed by atoms with Gasteiger partial charge in [-0.1, -0.05) is 55.8 Å². The first-order valence-electron chi connectivity index (χ1n) is 10.5. The van der Waals surface area contributed by atoms with Gasteiger partial charge in [-0.2, -0.15) is 0 Å². The molecule has 162 valence electrons. The van der Waals surface area contributed by atoms with Gasteiger partial charge in [-0.15, -0.1) is 0 Å². The Kier molecular flexibility index (Phi) is 6.01. The van der Waals surface area contributed by atoms with Crippen LogP contribution in [0.2, 0.25) is 5.02 Å². The summed E-state index contributed by atoms with van der Waals surface area (Å²) in [7, 11) is 0. The first-order valence-corrected chi connectivity index (χ1v) is 10.9. The SMILES string of the molecule is CC(C)C1=NC2(CCN(C(=O)OCc3ccccc3)CC2)C(=O)Nc2ccc(Cl)cc21. The third-order valence-electron chi connectivity index (χ3n) is 5.86. The minimum atomic E-state index is -0.901. The van der Waals surface area contributed by atoms with Crippen LogP contribution in [0, 0.1) is 5.92 Å². The Labute approximate surface area is 187 Å². The molecule has 6 nitrogen and oxygen atoms in total. The van der Waals surface area contributed by atoms with Crippen molar-refractivity contribution in [2.24, 2.45) is 10.9 Å². The van der Waals surface area contributed by atoms with Crippen LogP contribution < -0.4 is 5.32 Å². The Bertz CT molecular complexity index is 1010. The molecule has 1 saturated heterocycles. The maximum atomic E-state index is 13.2. The Morgan fingerprint density at radius 3 is 2.58 bits per heavy atom. The van der Waals surface area contributed by atoms with Gasteiger partial charge < -0.3 is 15.0 Å². The highest BCUT2D eigenvalue weighted by Crippen LogP contribution is 2.35. The molecule has 1 fully saturated rings. The van der Waals surface area contributed by atoms with Gasteiger partial charge in [0.2, 0.25) is 0 Å². The summed E-state index contributed by atoms with van der Waals surface area (Å²) in [5.74, 6) is -0.0142. The van der Waals surface area contributed by atoms with Crippen molar-refractivity contribution in [3.8, 4) is 0 Å². The highest BCUT2D eigenvalue weighted by molar-refractivity contribution is 6.31. The van der Waals surface area contributed by atoms with Gasteiger partial charge in [0.25, 0.3) is 5.91 Å². The van der Waals surface area contributed by atoms with E-state index in [0.29, 0.717) is 31.0 Å². The molecule has 0 aliphatic carbocycles. The van der Waals surface area contributed by atoms with Gasteiger partial charge in [0.15, 0.2) is 0 Å². The van der Waals surface area contributed by atoms with Gasteiger partial charge in [-0.05, 0) is 42.5 Å². The molecule has 4 rings (SSSR count). The molecule has 0 aromatic heterocycles. The van der Waals surface area contributed by atoms with E-state index in [1.54, 1.807) is 11.0 Å². The van der Waals surface area contributed by atoms with Crippen molar-refractivity contribution in [2.45, 2.75) is 38.8 Å².